The Morgan fingerprint density at radius 1 is 0.607 bits per heavy atom. The molecule has 0 radical (unpaired) electrons. The highest BCUT2D eigenvalue weighted by atomic mass is 16.4. The minimum Gasteiger partial charge on any atom is -0.508 e. The fraction of sp³-hybridized carbons (Fsp3) is 0.608. The SMILES string of the molecule is CC(C)C[C@H](NC(=O)[C@H](CCC(=O)O)NC(=O)[C@H](CO)NC(=O)[C@@H](NC(=O)[C@H](CCCNC(=N)N)NC(=O)[C@H](Cc1ccc(O)cc1)NC(=O)[C@H](CCC(=O)O)NC(=O)[C@H](CO)NC(=O)[C@@H]1CCCN1C(=O)[C@@H](N)CC(=O)O)C(C)C)C(=O)O. The molecule has 1 aromatic carbocycles. The molecule has 9 amide bonds. The first-order valence-corrected chi connectivity index (χ1v) is 26.8. The minimum absolute atomic E-state index is 0.00125. The first-order chi connectivity index (χ1) is 39.4. The average Bonchev–Trinajstić information content (AvgIpc) is 4.11. The number of amides is 9. The van der Waals surface area contributed by atoms with Crippen molar-refractivity contribution < 1.29 is 98.1 Å². The maximum Gasteiger partial charge on any atom is 0.326 e. The van der Waals surface area contributed by atoms with Crippen LogP contribution in [0.25, 0.3) is 0 Å². The van der Waals surface area contributed by atoms with E-state index in [4.69, 9.17) is 22.0 Å². The van der Waals surface area contributed by atoms with E-state index in [9.17, 15) is 93.0 Å². The summed E-state index contributed by atoms with van der Waals surface area (Å²) in [7, 11) is 0. The average molecular weight is 1190 g/mol. The number of nitrogens with one attached hydrogen (secondary N) is 10. The molecule has 33 heteroatoms. The van der Waals surface area contributed by atoms with Crippen molar-refractivity contribution in [2.24, 2.45) is 23.3 Å². The lowest BCUT2D eigenvalue weighted by Crippen LogP contribution is -2.62. The Morgan fingerprint density at radius 2 is 1.06 bits per heavy atom. The van der Waals surface area contributed by atoms with Gasteiger partial charge in [-0.15, -0.1) is 0 Å². The summed E-state index contributed by atoms with van der Waals surface area (Å²) in [6.07, 6.45) is -3.71. The number of carboxylic acid groups (broad SMARTS) is 4. The van der Waals surface area contributed by atoms with Gasteiger partial charge in [-0.1, -0.05) is 39.8 Å². The highest BCUT2D eigenvalue weighted by Gasteiger charge is 2.40. The van der Waals surface area contributed by atoms with Crippen LogP contribution >= 0.6 is 0 Å². The molecule has 84 heavy (non-hydrogen) atoms. The van der Waals surface area contributed by atoms with Gasteiger partial charge in [-0.05, 0) is 74.5 Å². The molecule has 1 saturated heterocycles. The number of carbonyl (C=O) groups is 13. The highest BCUT2D eigenvalue weighted by molar-refractivity contribution is 5.99. The maximum absolute atomic E-state index is 14.5. The number of aromatic hydroxyl groups is 1. The largest absolute Gasteiger partial charge is 0.508 e. The van der Waals surface area contributed by atoms with Gasteiger partial charge in [0.15, 0.2) is 5.96 Å². The van der Waals surface area contributed by atoms with Crippen molar-refractivity contribution in [2.45, 2.75) is 159 Å². The lowest BCUT2D eigenvalue weighted by molar-refractivity contribution is -0.144. The predicted octanol–water partition coefficient (Wildman–Crippen LogP) is -5.63. The molecule has 2 rings (SSSR count). The summed E-state index contributed by atoms with van der Waals surface area (Å²) >= 11 is 0. The molecular formula is C51H79N13O20. The van der Waals surface area contributed by atoms with E-state index < -0.39 is 201 Å². The molecule has 1 fully saturated rings. The molecule has 1 aliphatic rings. The summed E-state index contributed by atoms with van der Waals surface area (Å²) in [5.41, 5.74) is 11.5. The molecule has 10 atom stereocenters. The zero-order chi connectivity index (χ0) is 63.5. The van der Waals surface area contributed by atoms with Crippen LogP contribution in [0.4, 0.5) is 0 Å². The fourth-order valence-corrected chi connectivity index (χ4v) is 8.50. The summed E-state index contributed by atoms with van der Waals surface area (Å²) in [5, 5.41) is 96.9. The summed E-state index contributed by atoms with van der Waals surface area (Å²) in [5.74, 6) is -17.0. The van der Waals surface area contributed by atoms with Gasteiger partial charge in [-0.25, -0.2) is 4.79 Å². The number of phenols is 1. The molecule has 0 spiro atoms. The van der Waals surface area contributed by atoms with Crippen LogP contribution in [-0.2, 0) is 68.7 Å². The van der Waals surface area contributed by atoms with Gasteiger partial charge in [-0.2, -0.15) is 0 Å². The number of benzene rings is 1. The summed E-state index contributed by atoms with van der Waals surface area (Å²) < 4.78 is 0. The van der Waals surface area contributed by atoms with Gasteiger partial charge in [0, 0.05) is 32.4 Å². The number of rotatable bonds is 37. The maximum atomic E-state index is 14.5. The second-order valence-electron chi connectivity index (χ2n) is 20.6. The lowest BCUT2D eigenvalue weighted by atomic mass is 10.0. The fourth-order valence-electron chi connectivity index (χ4n) is 8.50. The Kier molecular flexibility index (Phi) is 30.0. The Bertz CT molecular complexity index is 2520. The van der Waals surface area contributed by atoms with Crippen molar-refractivity contribution in [1.82, 2.24) is 52.8 Å². The molecule has 0 aromatic heterocycles. The molecule has 468 valence electrons. The zero-order valence-corrected chi connectivity index (χ0v) is 46.9. The van der Waals surface area contributed by atoms with Crippen molar-refractivity contribution in [1.29, 1.82) is 5.41 Å². The van der Waals surface area contributed by atoms with E-state index >= 15 is 0 Å². The predicted molar refractivity (Wildman–Crippen MR) is 291 cm³/mol. The molecular weight excluding hydrogens is 1110 g/mol. The van der Waals surface area contributed by atoms with Crippen molar-refractivity contribution in [3.05, 3.63) is 29.8 Å². The van der Waals surface area contributed by atoms with Crippen molar-refractivity contribution in [2.75, 3.05) is 26.3 Å². The van der Waals surface area contributed by atoms with Crippen molar-refractivity contribution >= 4 is 83.0 Å². The number of likely N-dealkylation sites (tertiary alicyclic amines) is 1. The number of carbonyl (C=O) groups excluding carboxylic acids is 9. The van der Waals surface area contributed by atoms with Crippen LogP contribution in [0.5, 0.6) is 5.75 Å². The zero-order valence-electron chi connectivity index (χ0n) is 46.9. The van der Waals surface area contributed by atoms with Crippen molar-refractivity contribution in [3.63, 3.8) is 0 Å². The Labute approximate surface area is 482 Å². The molecule has 0 saturated carbocycles. The number of nitrogens with zero attached hydrogens (tertiary/aromatic N) is 1. The van der Waals surface area contributed by atoms with Gasteiger partial charge in [-0.3, -0.25) is 62.9 Å². The molecule has 0 bridgehead atoms. The molecule has 0 unspecified atom stereocenters. The number of hydrogen-bond donors (Lipinski definition) is 19. The van der Waals surface area contributed by atoms with E-state index in [2.05, 4.69) is 47.9 Å². The molecule has 0 aliphatic carbocycles. The van der Waals surface area contributed by atoms with Gasteiger partial charge in [0.2, 0.25) is 53.2 Å². The molecule has 33 nitrogen and oxygen atoms in total. The van der Waals surface area contributed by atoms with Gasteiger partial charge in [0.05, 0.1) is 25.7 Å². The Morgan fingerprint density at radius 3 is 1.52 bits per heavy atom. The van der Waals surface area contributed by atoms with E-state index in [-0.39, 0.29) is 56.9 Å². The molecule has 1 aliphatic heterocycles. The molecule has 21 N–H and O–H groups in total. The molecule has 1 heterocycles. The number of hydrogen-bond acceptors (Lipinski definition) is 18. The van der Waals surface area contributed by atoms with E-state index in [1.165, 1.54) is 38.1 Å². The van der Waals surface area contributed by atoms with Gasteiger partial charge in [0.1, 0.15) is 60.1 Å². The standard InChI is InChI=1S/C51H79N13O20/c1-24(2)19-33(50(83)84)60-42(75)31(14-16-38(70)71)58-46(79)35(23-66)62-48(81)40(25(3)4)63-43(76)29(7-5-17-55-51(53)54)56-44(77)32(20-26-9-11-27(67)12-10-26)59-41(74)30(13-15-37(68)69)57-45(78)34(22-65)61-47(80)36-8-6-18-64(36)49(82)28(52)21-39(72)73/h9-12,24-25,28-36,40,65-67H,5-8,13-23,52H2,1-4H3,(H,56,77)(H,57,78)(H,58,79)(H,59,74)(H,60,75)(H,61,80)(H,62,81)(H,63,76)(H,68,69)(H,70,71)(H,72,73)(H,83,84)(H4,53,54,55)/t28-,29-,30-,31-,32-,33-,34-,35-,36-,40-/m0/s1. The van der Waals surface area contributed by atoms with Crippen LogP contribution in [0.15, 0.2) is 24.3 Å². The van der Waals surface area contributed by atoms with Gasteiger partial charge in [0.25, 0.3) is 0 Å². The van der Waals surface area contributed by atoms with E-state index in [1.54, 1.807) is 13.8 Å². The number of aliphatic carboxylic acids is 4. The lowest BCUT2D eigenvalue weighted by Gasteiger charge is -2.29. The Hall–Kier alpha value is -8.72. The van der Waals surface area contributed by atoms with Gasteiger partial charge >= 0.3 is 23.9 Å². The van der Waals surface area contributed by atoms with Crippen LogP contribution in [0.2, 0.25) is 0 Å². The summed E-state index contributed by atoms with van der Waals surface area (Å²) in [4.78, 5) is 171. The number of carboxylic acids is 4. The van der Waals surface area contributed by atoms with Crippen LogP contribution in [0.3, 0.4) is 0 Å². The third kappa shape index (κ3) is 24.8. The van der Waals surface area contributed by atoms with Gasteiger partial charge < -0.3 is 100.0 Å². The smallest absolute Gasteiger partial charge is 0.326 e. The van der Waals surface area contributed by atoms with Crippen molar-refractivity contribution in [3.8, 4) is 5.75 Å². The first-order valence-electron chi connectivity index (χ1n) is 26.8. The van der Waals surface area contributed by atoms with Crippen LogP contribution < -0.4 is 59.3 Å². The van der Waals surface area contributed by atoms with Crippen LogP contribution in [0.1, 0.15) is 97.5 Å². The highest BCUT2D eigenvalue weighted by Crippen LogP contribution is 2.20. The van der Waals surface area contributed by atoms with E-state index in [0.29, 0.717) is 5.56 Å². The number of guanidine groups is 1. The Balaban J connectivity index is 2.48. The molecule has 1 aromatic rings. The third-order valence-corrected chi connectivity index (χ3v) is 12.9. The first kappa shape index (κ1) is 71.4. The van der Waals surface area contributed by atoms with E-state index in [0.717, 1.165) is 4.90 Å². The summed E-state index contributed by atoms with van der Waals surface area (Å²) in [6, 6.07) is -11.0. The second-order valence-corrected chi connectivity index (χ2v) is 20.6. The van der Waals surface area contributed by atoms with E-state index in [1.807, 2.05) is 0 Å². The monoisotopic (exact) mass is 1190 g/mol. The normalized spacial score (nSPS) is 16.1. The number of aliphatic hydroxyl groups excluding tert-OH is 2. The topological polar surface area (TPSA) is 551 Å². The minimum atomic E-state index is -1.85. The third-order valence-electron chi connectivity index (χ3n) is 12.9. The quantitative estimate of drug-likeness (QED) is 0.0168. The number of nitrogens with two attached hydrogens (primary N) is 2. The second kappa shape index (κ2) is 35.3. The summed E-state index contributed by atoms with van der Waals surface area (Å²) in [6.45, 7) is 4.08. The van der Waals surface area contributed by atoms with Crippen LogP contribution in [0, 0.1) is 17.2 Å². The number of phenolic OH excluding ortho intramolecular Hbond substituents is 1. The number of aliphatic hydroxyl groups is 2. The van der Waals surface area contributed by atoms with Crippen LogP contribution in [-0.4, -0.2) is 210 Å².